The summed E-state index contributed by atoms with van der Waals surface area (Å²) in [6, 6.07) is 0. The fourth-order valence-corrected chi connectivity index (χ4v) is 3.62. The summed E-state index contributed by atoms with van der Waals surface area (Å²) in [5.41, 5.74) is 5.01. The van der Waals surface area contributed by atoms with Crippen LogP contribution in [0.25, 0.3) is 0 Å². The molecule has 0 aromatic heterocycles. The van der Waals surface area contributed by atoms with Crippen LogP contribution in [0.15, 0.2) is 46.6 Å². The van der Waals surface area contributed by atoms with Crippen LogP contribution in [0, 0.1) is 5.41 Å². The number of esters is 2. The molecule has 0 N–H and O–H groups in total. The van der Waals surface area contributed by atoms with Gasteiger partial charge in [0, 0.05) is 20.3 Å². The van der Waals surface area contributed by atoms with Gasteiger partial charge in [0.2, 0.25) is 0 Å². The Hall–Kier alpha value is -2.10. The largest absolute Gasteiger partial charge is 0.462 e. The second-order valence-corrected chi connectivity index (χ2v) is 8.32. The Morgan fingerprint density at radius 1 is 1.14 bits per heavy atom. The molecule has 1 unspecified atom stereocenters. The SMILES string of the molecule is CC(=O)OCC=C(C)C=CC=C(C)C(CC1=C(C)CCCC1(C)C)OC(C)=O. The Kier molecular flexibility index (Phi) is 9.44. The van der Waals surface area contributed by atoms with Crippen LogP contribution in [0.5, 0.6) is 0 Å². The van der Waals surface area contributed by atoms with E-state index in [2.05, 4.69) is 20.8 Å². The van der Waals surface area contributed by atoms with Crippen molar-refractivity contribution in [3.8, 4) is 0 Å². The van der Waals surface area contributed by atoms with Gasteiger partial charge in [-0.1, -0.05) is 48.8 Å². The van der Waals surface area contributed by atoms with Crippen molar-refractivity contribution in [3.05, 3.63) is 46.6 Å². The molecule has 0 spiro atoms. The molecule has 1 atom stereocenters. The average Bonchev–Trinajstić information content (AvgIpc) is 2.56. The van der Waals surface area contributed by atoms with Gasteiger partial charge >= 0.3 is 11.9 Å². The molecule has 28 heavy (non-hydrogen) atoms. The van der Waals surface area contributed by atoms with E-state index in [1.807, 2.05) is 38.2 Å². The molecule has 4 heteroatoms. The van der Waals surface area contributed by atoms with E-state index in [4.69, 9.17) is 9.47 Å². The highest BCUT2D eigenvalue weighted by Gasteiger charge is 2.31. The summed E-state index contributed by atoms with van der Waals surface area (Å²) in [4.78, 5) is 22.5. The summed E-state index contributed by atoms with van der Waals surface area (Å²) in [5.74, 6) is -0.547. The van der Waals surface area contributed by atoms with Crippen LogP contribution in [0.3, 0.4) is 0 Å². The molecule has 0 aromatic rings. The van der Waals surface area contributed by atoms with Crippen LogP contribution in [-0.4, -0.2) is 24.6 Å². The predicted molar refractivity (Wildman–Crippen MR) is 114 cm³/mol. The predicted octanol–water partition coefficient (Wildman–Crippen LogP) is 5.85. The van der Waals surface area contributed by atoms with Gasteiger partial charge in [-0.25, -0.2) is 0 Å². The highest BCUT2D eigenvalue weighted by molar-refractivity contribution is 5.66. The Labute approximate surface area is 170 Å². The first kappa shape index (κ1) is 23.9. The van der Waals surface area contributed by atoms with Crippen molar-refractivity contribution in [1.29, 1.82) is 0 Å². The molecule has 4 nitrogen and oxygen atoms in total. The van der Waals surface area contributed by atoms with Crippen LogP contribution in [0.2, 0.25) is 0 Å². The van der Waals surface area contributed by atoms with Gasteiger partial charge in [-0.05, 0) is 57.1 Å². The third-order valence-corrected chi connectivity index (χ3v) is 5.30. The van der Waals surface area contributed by atoms with Crippen LogP contribution in [-0.2, 0) is 19.1 Å². The topological polar surface area (TPSA) is 52.6 Å². The lowest BCUT2D eigenvalue weighted by atomic mass is 9.70. The van der Waals surface area contributed by atoms with Gasteiger partial charge in [0.05, 0.1) is 0 Å². The number of allylic oxidation sites excluding steroid dienone is 5. The van der Waals surface area contributed by atoms with E-state index >= 15 is 0 Å². The number of hydrogen-bond acceptors (Lipinski definition) is 4. The Bertz CT molecular complexity index is 689. The van der Waals surface area contributed by atoms with Gasteiger partial charge in [-0.15, -0.1) is 0 Å². The first-order valence-corrected chi connectivity index (χ1v) is 10.0. The van der Waals surface area contributed by atoms with Crippen molar-refractivity contribution in [1.82, 2.24) is 0 Å². The van der Waals surface area contributed by atoms with Crippen molar-refractivity contribution in [3.63, 3.8) is 0 Å². The van der Waals surface area contributed by atoms with Gasteiger partial charge in [0.15, 0.2) is 0 Å². The van der Waals surface area contributed by atoms with Crippen molar-refractivity contribution >= 4 is 11.9 Å². The zero-order chi connectivity index (χ0) is 21.3. The monoisotopic (exact) mass is 388 g/mol. The lowest BCUT2D eigenvalue weighted by Gasteiger charge is -2.36. The lowest BCUT2D eigenvalue weighted by Crippen LogP contribution is -2.26. The second kappa shape index (κ2) is 11.0. The molecule has 0 bridgehead atoms. The summed E-state index contributed by atoms with van der Waals surface area (Å²) < 4.78 is 10.6. The van der Waals surface area contributed by atoms with E-state index in [0.717, 1.165) is 24.0 Å². The van der Waals surface area contributed by atoms with Gasteiger partial charge < -0.3 is 9.47 Å². The number of hydrogen-bond donors (Lipinski definition) is 0. The summed E-state index contributed by atoms with van der Waals surface area (Å²) in [6.45, 7) is 13.9. The first-order valence-electron chi connectivity index (χ1n) is 10.0. The normalized spacial score (nSPS) is 19.0. The molecular weight excluding hydrogens is 352 g/mol. The average molecular weight is 389 g/mol. The molecule has 156 valence electrons. The van der Waals surface area contributed by atoms with Gasteiger partial charge in [-0.3, -0.25) is 9.59 Å². The summed E-state index contributed by atoms with van der Waals surface area (Å²) in [7, 11) is 0. The van der Waals surface area contributed by atoms with Crippen LogP contribution in [0.1, 0.15) is 74.1 Å². The van der Waals surface area contributed by atoms with Crippen molar-refractivity contribution in [2.24, 2.45) is 5.41 Å². The maximum absolute atomic E-state index is 11.7. The minimum atomic E-state index is -0.289. The highest BCUT2D eigenvalue weighted by Crippen LogP contribution is 2.43. The summed E-state index contributed by atoms with van der Waals surface area (Å²) >= 11 is 0. The molecule has 0 aromatic carbocycles. The molecule has 0 saturated heterocycles. The third kappa shape index (κ3) is 8.28. The second-order valence-electron chi connectivity index (χ2n) is 8.32. The fourth-order valence-electron chi connectivity index (χ4n) is 3.62. The van der Waals surface area contributed by atoms with Crippen LogP contribution < -0.4 is 0 Å². The zero-order valence-electron chi connectivity index (χ0n) is 18.6. The molecule has 0 heterocycles. The van der Waals surface area contributed by atoms with E-state index < -0.39 is 0 Å². The number of carbonyl (C=O) groups excluding carboxylic acids is 2. The van der Waals surface area contributed by atoms with Gasteiger partial charge in [0.1, 0.15) is 12.7 Å². The molecule has 1 aliphatic carbocycles. The van der Waals surface area contributed by atoms with Crippen LogP contribution >= 0.6 is 0 Å². The highest BCUT2D eigenvalue weighted by atomic mass is 16.5. The van der Waals surface area contributed by atoms with E-state index in [1.165, 1.54) is 37.8 Å². The van der Waals surface area contributed by atoms with Crippen molar-refractivity contribution in [2.75, 3.05) is 6.61 Å². The first-order chi connectivity index (χ1) is 13.0. The van der Waals surface area contributed by atoms with Gasteiger partial charge in [0.25, 0.3) is 0 Å². The molecule has 1 rings (SSSR count). The van der Waals surface area contributed by atoms with Crippen molar-refractivity contribution in [2.45, 2.75) is 80.3 Å². The quantitative estimate of drug-likeness (QED) is 0.297. The Balaban J connectivity index is 2.91. The number of ether oxygens (including phenoxy) is 2. The zero-order valence-corrected chi connectivity index (χ0v) is 18.6. The lowest BCUT2D eigenvalue weighted by molar-refractivity contribution is -0.144. The fraction of sp³-hybridized carbons (Fsp3) is 0.583. The van der Waals surface area contributed by atoms with E-state index in [9.17, 15) is 9.59 Å². The maximum Gasteiger partial charge on any atom is 0.303 e. The smallest absolute Gasteiger partial charge is 0.303 e. The third-order valence-electron chi connectivity index (χ3n) is 5.30. The van der Waals surface area contributed by atoms with Crippen molar-refractivity contribution < 1.29 is 19.1 Å². The summed E-state index contributed by atoms with van der Waals surface area (Å²) in [5, 5.41) is 0. The minimum Gasteiger partial charge on any atom is -0.462 e. The molecular formula is C24H36O4. The molecule has 0 amide bonds. The standard InChI is InChI=1S/C24H36O4/c1-17(13-15-27-20(4)25)10-8-11-19(3)23(28-21(5)26)16-22-18(2)12-9-14-24(22,6)7/h8,10-11,13,23H,9,12,14-16H2,1-7H3. The van der Waals surface area contributed by atoms with E-state index in [0.29, 0.717) is 0 Å². The Morgan fingerprint density at radius 2 is 1.82 bits per heavy atom. The van der Waals surface area contributed by atoms with Gasteiger partial charge in [-0.2, -0.15) is 0 Å². The van der Waals surface area contributed by atoms with E-state index in [-0.39, 0.29) is 30.1 Å². The molecule has 0 radical (unpaired) electrons. The van der Waals surface area contributed by atoms with E-state index in [1.54, 1.807) is 0 Å². The van der Waals surface area contributed by atoms with Crippen LogP contribution in [0.4, 0.5) is 0 Å². The maximum atomic E-state index is 11.7. The number of rotatable bonds is 8. The minimum absolute atomic E-state index is 0.146. The Morgan fingerprint density at radius 3 is 2.39 bits per heavy atom. The molecule has 1 aliphatic rings. The molecule has 0 aliphatic heterocycles. The summed E-state index contributed by atoms with van der Waals surface area (Å²) in [6.07, 6.45) is 11.7. The number of carbonyl (C=O) groups is 2. The molecule has 0 fully saturated rings. The molecule has 0 saturated carbocycles.